The van der Waals surface area contributed by atoms with Gasteiger partial charge >= 0.3 is 5.97 Å². The number of fused-ring (bicyclic) bond motifs is 3. The highest BCUT2D eigenvalue weighted by molar-refractivity contribution is 6.05. The Morgan fingerprint density at radius 1 is 0.410 bits per heavy atom. The maximum absolute atomic E-state index is 13.7. The summed E-state index contributed by atoms with van der Waals surface area (Å²) >= 11 is 0. The summed E-state index contributed by atoms with van der Waals surface area (Å²) in [6.45, 7) is 13.6. The molecule has 21 nitrogen and oxygen atoms in total. The second-order valence-electron chi connectivity index (χ2n) is 27.2. The molecule has 9 rings (SSSR count). The average Bonchev–Trinajstić information content (AvgIpc) is 1.77. The first-order chi connectivity index (χ1) is 49.6. The van der Waals surface area contributed by atoms with Crippen molar-refractivity contribution in [2.75, 3.05) is 91.1 Å². The predicted molar refractivity (Wildman–Crippen MR) is 408 cm³/mol. The molecule has 0 aliphatic heterocycles. The van der Waals surface area contributed by atoms with Gasteiger partial charge in [-0.1, -0.05) is 53.3 Å². The van der Waals surface area contributed by atoms with Gasteiger partial charge in [-0.25, -0.2) is 0 Å². The largest absolute Gasteiger partial charge is 0.496 e. The number of ketones is 5. The third kappa shape index (κ3) is 20.4. The summed E-state index contributed by atoms with van der Waals surface area (Å²) in [5.74, 6) is 5.95. The summed E-state index contributed by atoms with van der Waals surface area (Å²) in [5, 5.41) is 0. The van der Waals surface area contributed by atoms with Gasteiger partial charge in [0.15, 0.2) is 57.6 Å². The molecule has 0 unspecified atom stereocenters. The number of allylic oxidation sites excluding steroid dienone is 3. The molecular weight excluding hydrogens is 1340 g/mol. The van der Waals surface area contributed by atoms with Gasteiger partial charge in [-0.3, -0.25) is 28.8 Å². The fourth-order valence-corrected chi connectivity index (χ4v) is 13.3. The molecule has 0 bridgehead atoms. The molecular formula is C84H106N2O19. The highest BCUT2D eigenvalue weighted by Crippen LogP contribution is 2.50. The van der Waals surface area contributed by atoms with Crippen molar-refractivity contribution in [3.05, 3.63) is 152 Å². The minimum absolute atomic E-state index is 0. The molecule has 6 aromatic carbocycles. The van der Waals surface area contributed by atoms with E-state index in [1.54, 1.807) is 122 Å². The van der Waals surface area contributed by atoms with Crippen molar-refractivity contribution >= 4 is 57.3 Å². The first-order valence-corrected chi connectivity index (χ1v) is 34.6. The Morgan fingerprint density at radius 2 is 0.733 bits per heavy atom. The molecule has 0 heterocycles. The van der Waals surface area contributed by atoms with Crippen LogP contribution in [0.15, 0.2) is 91.0 Å². The van der Waals surface area contributed by atoms with Crippen molar-refractivity contribution in [3.63, 3.8) is 0 Å². The zero-order chi connectivity index (χ0) is 76.4. The van der Waals surface area contributed by atoms with E-state index in [-0.39, 0.29) is 67.5 Å². The number of nitrogen functional groups attached to an aromatic ring is 1. The van der Waals surface area contributed by atoms with E-state index in [9.17, 15) is 28.8 Å². The number of hydrogen-bond acceptors (Lipinski definition) is 21. The molecule has 3 aliphatic rings. The van der Waals surface area contributed by atoms with Crippen LogP contribution in [0.2, 0.25) is 0 Å². The van der Waals surface area contributed by atoms with Crippen LogP contribution in [-0.4, -0.2) is 132 Å². The Morgan fingerprint density at radius 3 is 1.04 bits per heavy atom. The number of anilines is 1. The lowest BCUT2D eigenvalue weighted by molar-refractivity contribution is -0.157. The number of methoxy groups -OCH3 is 12. The van der Waals surface area contributed by atoms with Gasteiger partial charge in [0, 0.05) is 65.8 Å². The van der Waals surface area contributed by atoms with Gasteiger partial charge in [0.2, 0.25) is 17.2 Å². The molecule has 566 valence electrons. The smallest absolute Gasteiger partial charge is 0.307 e. The predicted octanol–water partition coefficient (Wildman–Crippen LogP) is 14.2. The monoisotopic (exact) mass is 1450 g/mol. The fourth-order valence-electron chi connectivity index (χ4n) is 13.3. The number of hydrogen-bond donors (Lipinski definition) is 2. The van der Waals surface area contributed by atoms with Crippen molar-refractivity contribution in [1.29, 1.82) is 0 Å². The standard InChI is InChI=1S/C34H44O8.C28H35NO6.C21H23NO5.CH4/c1-20(2)14-22(17-31(37)42-34(3,4)5)28(36)16-23-15-21(10-13-29(23)38-6)26-18-24(35)11-12-25-27(26)19-30(39-7)33(41-9)32(25)40-8;1-16(2)11-23(29)24(31)13-18-12-17(7-10-25(18)32-3)21-14-19(30)8-9-20-22(21)15-26(33-4)28(35-6)27(20)34-5;1-24-18-8-5-12(9-17(18)22)15-10-13(23)6-7-14-16(15)11-19(25-2)21(27-4)20(14)26-3;/h10,13,15,18-20,22H,11-12,14,16-17H2,1-9H3;7,10,12,14-16,23H,8-9,11,13,29H2,1-6H3;5,8-11H,6-7,22H2,1-4H3;1H4/t22-;23-;;/m01../s1. The summed E-state index contributed by atoms with van der Waals surface area (Å²) in [7, 11) is 18.8. The van der Waals surface area contributed by atoms with Crippen LogP contribution in [0.5, 0.6) is 69.0 Å². The molecule has 0 saturated carbocycles. The zero-order valence-corrected chi connectivity index (χ0v) is 63.7. The van der Waals surface area contributed by atoms with Crippen molar-refractivity contribution < 1.29 is 90.3 Å². The van der Waals surface area contributed by atoms with E-state index >= 15 is 0 Å². The summed E-state index contributed by atoms with van der Waals surface area (Å²) in [6, 6.07) is 21.7. The lowest BCUT2D eigenvalue weighted by Crippen LogP contribution is -2.33. The molecule has 105 heavy (non-hydrogen) atoms. The second-order valence-corrected chi connectivity index (χ2v) is 27.2. The van der Waals surface area contributed by atoms with E-state index in [2.05, 4.69) is 0 Å². The van der Waals surface area contributed by atoms with Crippen LogP contribution in [0.4, 0.5) is 5.69 Å². The quantitative estimate of drug-likeness (QED) is 0.0358. The van der Waals surface area contributed by atoms with Crippen LogP contribution in [-0.2, 0) is 65.6 Å². The third-order valence-electron chi connectivity index (χ3n) is 18.1. The van der Waals surface area contributed by atoms with Gasteiger partial charge < -0.3 is 73.0 Å². The molecule has 0 aromatic heterocycles. The van der Waals surface area contributed by atoms with E-state index in [1.807, 2.05) is 103 Å². The number of benzene rings is 6. The zero-order valence-electron chi connectivity index (χ0n) is 63.7. The number of carbonyl (C=O) groups is 6. The summed E-state index contributed by atoms with van der Waals surface area (Å²) < 4.78 is 72.3. The van der Waals surface area contributed by atoms with E-state index in [0.29, 0.717) is 143 Å². The molecule has 21 heteroatoms. The second kappa shape index (κ2) is 37.9. The Bertz CT molecular complexity index is 4240. The molecule has 0 saturated heterocycles. The molecule has 4 N–H and O–H groups in total. The maximum atomic E-state index is 13.7. The number of carbonyl (C=O) groups excluding carboxylic acids is 6. The van der Waals surface area contributed by atoms with E-state index in [0.717, 1.165) is 66.8 Å². The van der Waals surface area contributed by atoms with Crippen molar-refractivity contribution in [1.82, 2.24) is 0 Å². The third-order valence-corrected chi connectivity index (χ3v) is 18.1. The maximum Gasteiger partial charge on any atom is 0.307 e. The van der Waals surface area contributed by atoms with Crippen LogP contribution < -0.4 is 68.3 Å². The topological polar surface area (TPSA) is 274 Å². The summed E-state index contributed by atoms with van der Waals surface area (Å²) in [4.78, 5) is 77.3. The number of nitrogens with two attached hydrogens (primary N) is 2. The van der Waals surface area contributed by atoms with Gasteiger partial charge in [0.1, 0.15) is 28.6 Å². The average molecular weight is 1450 g/mol. The van der Waals surface area contributed by atoms with Gasteiger partial charge in [0.05, 0.1) is 103 Å². The van der Waals surface area contributed by atoms with Crippen LogP contribution in [0, 0.1) is 17.8 Å². The van der Waals surface area contributed by atoms with E-state index in [4.69, 9.17) is 73.0 Å². The van der Waals surface area contributed by atoms with Crippen molar-refractivity contribution in [3.8, 4) is 69.0 Å². The van der Waals surface area contributed by atoms with E-state index < -0.39 is 17.6 Å². The van der Waals surface area contributed by atoms with Crippen LogP contribution >= 0.6 is 0 Å². The Hall–Kier alpha value is -10.3. The highest BCUT2D eigenvalue weighted by Gasteiger charge is 2.32. The summed E-state index contributed by atoms with van der Waals surface area (Å²) in [6.07, 6.45) is 8.91. The van der Waals surface area contributed by atoms with Gasteiger partial charge in [-0.15, -0.1) is 0 Å². The van der Waals surface area contributed by atoms with Gasteiger partial charge in [0.25, 0.3) is 0 Å². The Kier molecular flexibility index (Phi) is 30.2. The number of Topliss-reactive ketones (excluding diaryl/α,β-unsaturated/α-hetero) is 2. The molecule has 0 amide bonds. The summed E-state index contributed by atoms with van der Waals surface area (Å²) in [5.41, 5.74) is 23.1. The van der Waals surface area contributed by atoms with Gasteiger partial charge in [-0.2, -0.15) is 0 Å². The van der Waals surface area contributed by atoms with Crippen LogP contribution in [0.1, 0.15) is 156 Å². The Labute approximate surface area is 618 Å². The first-order valence-electron chi connectivity index (χ1n) is 34.6. The van der Waals surface area contributed by atoms with Gasteiger partial charge in [-0.05, 0) is 188 Å². The number of ether oxygens (including phenoxy) is 13. The molecule has 3 aliphatic carbocycles. The van der Waals surface area contributed by atoms with Crippen LogP contribution in [0.3, 0.4) is 0 Å². The minimum atomic E-state index is -0.629. The van der Waals surface area contributed by atoms with Crippen molar-refractivity contribution in [2.45, 2.75) is 138 Å². The lowest BCUT2D eigenvalue weighted by atomic mass is 9.86. The normalized spacial score (nSPS) is 13.7. The highest BCUT2D eigenvalue weighted by atomic mass is 16.6. The minimum Gasteiger partial charge on any atom is -0.496 e. The van der Waals surface area contributed by atoms with Crippen molar-refractivity contribution in [2.24, 2.45) is 23.5 Å². The number of rotatable bonds is 27. The Balaban J connectivity index is 0.000000251. The first kappa shape index (κ1) is 83.7. The molecule has 0 spiro atoms. The fraction of sp³-hybridized carbons (Fsp3) is 0.429. The molecule has 6 aromatic rings. The lowest BCUT2D eigenvalue weighted by Gasteiger charge is -2.23. The van der Waals surface area contributed by atoms with E-state index in [1.165, 1.54) is 0 Å². The molecule has 2 atom stereocenters. The van der Waals surface area contributed by atoms with Crippen LogP contribution in [0.25, 0.3) is 16.7 Å². The molecule has 0 radical (unpaired) electrons. The molecule has 0 fully saturated rings. The SMILES string of the molecule is C.COc1ccc(C2=CC(=O)CCc3c2cc(OC)c(OC)c3OC)cc1CC(=O)[C@H](CC(=O)OC(C)(C)C)CC(C)C.COc1ccc(C2=CC(=O)CCc3c2cc(OC)c(OC)c3OC)cc1CC(=O)[C@H](N)CC(C)C.COc1ccc(C2=CC(=O)CCc3c2cc(OC)c(OC)c3OC)cc1N. The number of esters is 1.